The van der Waals surface area contributed by atoms with Crippen molar-refractivity contribution in [3.8, 4) is 0 Å². The van der Waals surface area contributed by atoms with Crippen molar-refractivity contribution in [1.29, 1.82) is 0 Å². The topological polar surface area (TPSA) is 29.1 Å². The summed E-state index contributed by atoms with van der Waals surface area (Å²) in [5, 5.41) is 3.15. The second-order valence-corrected chi connectivity index (χ2v) is 4.78. The second kappa shape index (κ2) is 3.52. The number of carbonyl (C=O) groups is 1. The van der Waals surface area contributed by atoms with Crippen molar-refractivity contribution in [2.45, 2.75) is 44.1 Å². The highest BCUT2D eigenvalue weighted by molar-refractivity contribution is 7.81. The van der Waals surface area contributed by atoms with E-state index in [2.05, 4.69) is 17.9 Å². The highest BCUT2D eigenvalue weighted by Gasteiger charge is 2.40. The SMILES string of the molecule is O=C(CS)NC12CCC(CC1)CC2. The van der Waals surface area contributed by atoms with E-state index in [-0.39, 0.29) is 11.4 Å². The van der Waals surface area contributed by atoms with Crippen LogP contribution in [0, 0.1) is 5.92 Å². The number of nitrogens with one attached hydrogen (secondary N) is 1. The standard InChI is InChI=1S/C10H17NOS/c12-9(7-13)11-10-4-1-8(2-5-10)3-6-10/h8,13H,1-7H2,(H,11,12). The molecule has 0 saturated heterocycles. The number of thiol groups is 1. The van der Waals surface area contributed by atoms with Crippen LogP contribution in [0.25, 0.3) is 0 Å². The molecule has 1 amide bonds. The van der Waals surface area contributed by atoms with Crippen LogP contribution in [-0.4, -0.2) is 17.2 Å². The maximum Gasteiger partial charge on any atom is 0.230 e. The molecule has 0 radical (unpaired) electrons. The van der Waals surface area contributed by atoms with Gasteiger partial charge in [-0.15, -0.1) is 0 Å². The fourth-order valence-electron chi connectivity index (χ4n) is 2.77. The molecule has 3 aliphatic carbocycles. The minimum absolute atomic E-state index is 0.101. The van der Waals surface area contributed by atoms with E-state index in [9.17, 15) is 4.79 Å². The van der Waals surface area contributed by atoms with Crippen LogP contribution < -0.4 is 5.32 Å². The van der Waals surface area contributed by atoms with Gasteiger partial charge >= 0.3 is 0 Å². The molecule has 74 valence electrons. The molecule has 0 aromatic rings. The first-order valence-corrected chi connectivity index (χ1v) is 5.79. The molecular weight excluding hydrogens is 182 g/mol. The van der Waals surface area contributed by atoms with Crippen molar-refractivity contribution < 1.29 is 4.79 Å². The molecule has 0 heterocycles. The lowest BCUT2D eigenvalue weighted by Crippen LogP contribution is -2.54. The van der Waals surface area contributed by atoms with Gasteiger partial charge in [-0.25, -0.2) is 0 Å². The average molecular weight is 199 g/mol. The average Bonchev–Trinajstić information content (AvgIpc) is 2.20. The minimum Gasteiger partial charge on any atom is -0.350 e. The largest absolute Gasteiger partial charge is 0.350 e. The quantitative estimate of drug-likeness (QED) is 0.652. The van der Waals surface area contributed by atoms with Crippen molar-refractivity contribution in [1.82, 2.24) is 5.32 Å². The Labute approximate surface area is 84.9 Å². The zero-order chi connectivity index (χ0) is 9.31. The summed E-state index contributed by atoms with van der Waals surface area (Å²) in [4.78, 5) is 11.3. The third-order valence-electron chi connectivity index (χ3n) is 3.64. The number of carbonyl (C=O) groups excluding carboxylic acids is 1. The molecule has 0 aromatic heterocycles. The molecule has 3 rings (SSSR count). The fourth-order valence-corrected chi connectivity index (χ4v) is 2.85. The van der Waals surface area contributed by atoms with Crippen LogP contribution in [0.5, 0.6) is 0 Å². The Bertz CT molecular complexity index is 195. The summed E-state index contributed by atoms with van der Waals surface area (Å²) in [6.45, 7) is 0. The van der Waals surface area contributed by atoms with Gasteiger partial charge in [-0.3, -0.25) is 4.79 Å². The summed E-state index contributed by atoms with van der Waals surface area (Å²) in [5.41, 5.74) is 0.161. The summed E-state index contributed by atoms with van der Waals surface area (Å²) in [6.07, 6.45) is 7.51. The molecule has 3 heteroatoms. The van der Waals surface area contributed by atoms with E-state index in [4.69, 9.17) is 0 Å². The van der Waals surface area contributed by atoms with E-state index in [0.29, 0.717) is 5.75 Å². The van der Waals surface area contributed by atoms with Gasteiger partial charge in [-0.2, -0.15) is 12.6 Å². The van der Waals surface area contributed by atoms with E-state index in [1.807, 2.05) is 0 Å². The van der Waals surface area contributed by atoms with Crippen molar-refractivity contribution in [2.24, 2.45) is 5.92 Å². The number of hydrogen-bond acceptors (Lipinski definition) is 2. The third-order valence-corrected chi connectivity index (χ3v) is 3.93. The highest BCUT2D eigenvalue weighted by Crippen LogP contribution is 2.43. The van der Waals surface area contributed by atoms with Crippen molar-refractivity contribution in [3.63, 3.8) is 0 Å². The van der Waals surface area contributed by atoms with Gasteiger partial charge < -0.3 is 5.32 Å². The molecule has 13 heavy (non-hydrogen) atoms. The highest BCUT2D eigenvalue weighted by atomic mass is 32.1. The minimum atomic E-state index is 0.101. The number of fused-ring (bicyclic) bond motifs is 3. The van der Waals surface area contributed by atoms with Gasteiger partial charge in [0.1, 0.15) is 0 Å². The molecule has 0 unspecified atom stereocenters. The second-order valence-electron chi connectivity index (χ2n) is 4.47. The zero-order valence-electron chi connectivity index (χ0n) is 7.88. The molecule has 0 atom stereocenters. The van der Waals surface area contributed by atoms with Gasteiger partial charge in [0.05, 0.1) is 5.75 Å². The molecule has 0 spiro atoms. The lowest BCUT2D eigenvalue weighted by atomic mass is 9.66. The van der Waals surface area contributed by atoms with E-state index in [0.717, 1.165) is 5.92 Å². The summed E-state index contributed by atoms with van der Waals surface area (Å²) >= 11 is 3.99. The molecule has 3 fully saturated rings. The van der Waals surface area contributed by atoms with E-state index < -0.39 is 0 Å². The van der Waals surface area contributed by atoms with Crippen LogP contribution >= 0.6 is 12.6 Å². The fraction of sp³-hybridized carbons (Fsp3) is 0.900. The van der Waals surface area contributed by atoms with Crippen LogP contribution in [0.4, 0.5) is 0 Å². The van der Waals surface area contributed by atoms with Crippen LogP contribution in [-0.2, 0) is 4.79 Å². The molecule has 0 aliphatic heterocycles. The maximum atomic E-state index is 11.3. The molecule has 1 N–H and O–H groups in total. The van der Waals surface area contributed by atoms with Gasteiger partial charge in [0, 0.05) is 5.54 Å². The number of amides is 1. The van der Waals surface area contributed by atoms with Crippen molar-refractivity contribution in [2.75, 3.05) is 5.75 Å². The summed E-state index contributed by atoms with van der Waals surface area (Å²) in [6, 6.07) is 0. The Balaban J connectivity index is 1.98. The lowest BCUT2D eigenvalue weighted by Gasteiger charge is -2.46. The van der Waals surface area contributed by atoms with E-state index in [1.54, 1.807) is 0 Å². The van der Waals surface area contributed by atoms with Crippen molar-refractivity contribution in [3.05, 3.63) is 0 Å². The number of rotatable bonds is 2. The smallest absolute Gasteiger partial charge is 0.230 e. The Morgan fingerprint density at radius 1 is 1.31 bits per heavy atom. The maximum absolute atomic E-state index is 11.3. The summed E-state index contributed by atoms with van der Waals surface area (Å²) in [7, 11) is 0. The van der Waals surface area contributed by atoms with Crippen LogP contribution in [0.3, 0.4) is 0 Å². The Morgan fingerprint density at radius 3 is 2.31 bits per heavy atom. The van der Waals surface area contributed by atoms with Gasteiger partial charge in [0.25, 0.3) is 0 Å². The van der Waals surface area contributed by atoms with Gasteiger partial charge in [0.15, 0.2) is 0 Å². The molecule has 3 saturated carbocycles. The van der Waals surface area contributed by atoms with Crippen molar-refractivity contribution >= 4 is 18.5 Å². The summed E-state index contributed by atoms with van der Waals surface area (Å²) in [5.74, 6) is 1.38. The Morgan fingerprint density at radius 2 is 1.85 bits per heavy atom. The number of hydrogen-bond donors (Lipinski definition) is 2. The van der Waals surface area contributed by atoms with Crippen LogP contribution in [0.15, 0.2) is 0 Å². The molecule has 0 aromatic carbocycles. The van der Waals surface area contributed by atoms with Crippen LogP contribution in [0.2, 0.25) is 0 Å². The van der Waals surface area contributed by atoms with E-state index >= 15 is 0 Å². The van der Waals surface area contributed by atoms with Gasteiger partial charge in [0.2, 0.25) is 5.91 Å². The first-order chi connectivity index (χ1) is 6.24. The van der Waals surface area contributed by atoms with E-state index in [1.165, 1.54) is 38.5 Å². The van der Waals surface area contributed by atoms with Gasteiger partial charge in [-0.05, 0) is 44.4 Å². The first-order valence-electron chi connectivity index (χ1n) is 5.16. The molecular formula is C10H17NOS. The Hall–Kier alpha value is -0.180. The zero-order valence-corrected chi connectivity index (χ0v) is 8.78. The molecule has 3 aliphatic rings. The van der Waals surface area contributed by atoms with Crippen LogP contribution in [0.1, 0.15) is 38.5 Å². The predicted octanol–water partition coefficient (Wildman–Crippen LogP) is 1.76. The Kier molecular flexibility index (Phi) is 2.54. The van der Waals surface area contributed by atoms with Gasteiger partial charge in [-0.1, -0.05) is 0 Å². The normalized spacial score (nSPS) is 37.5. The predicted molar refractivity (Wildman–Crippen MR) is 55.9 cm³/mol. The molecule has 2 nitrogen and oxygen atoms in total. The third kappa shape index (κ3) is 1.85. The lowest BCUT2D eigenvalue weighted by molar-refractivity contribution is -0.121. The summed E-state index contributed by atoms with van der Waals surface area (Å²) < 4.78 is 0. The first kappa shape index (κ1) is 9.38. The monoisotopic (exact) mass is 199 g/mol. The molecule has 2 bridgehead atoms.